The lowest BCUT2D eigenvalue weighted by molar-refractivity contribution is -0.126. The highest BCUT2D eigenvalue weighted by molar-refractivity contribution is 7.18. The summed E-state index contributed by atoms with van der Waals surface area (Å²) in [6.07, 6.45) is -1.58. The summed E-state index contributed by atoms with van der Waals surface area (Å²) in [6.45, 7) is 0.0826. The van der Waals surface area contributed by atoms with Gasteiger partial charge in [0.25, 0.3) is 0 Å². The van der Waals surface area contributed by atoms with Crippen molar-refractivity contribution in [3.8, 4) is 0 Å². The van der Waals surface area contributed by atoms with Crippen molar-refractivity contribution >= 4 is 27.4 Å². The molecule has 2 heterocycles. The molecule has 1 aliphatic rings. The molecule has 1 fully saturated rings. The first-order chi connectivity index (χ1) is 11.3. The normalized spacial score (nSPS) is 25.1. The van der Waals surface area contributed by atoms with Crippen molar-refractivity contribution in [3.63, 3.8) is 0 Å². The van der Waals surface area contributed by atoms with Crippen LogP contribution in [-0.4, -0.2) is 39.9 Å². The van der Waals surface area contributed by atoms with E-state index >= 15 is 0 Å². The average molecular weight is 360 g/mol. The number of anilines is 1. The molecule has 132 valence electrons. The maximum absolute atomic E-state index is 12.6. The first-order valence-electron chi connectivity index (χ1n) is 7.77. The van der Waals surface area contributed by atoms with Crippen LogP contribution >= 0.6 is 11.3 Å². The summed E-state index contributed by atoms with van der Waals surface area (Å²) in [4.78, 5) is 9.00. The first kappa shape index (κ1) is 17.4. The van der Waals surface area contributed by atoms with Crippen LogP contribution in [0.15, 0.2) is 12.4 Å². The first-order valence-corrected chi connectivity index (χ1v) is 8.59. The van der Waals surface area contributed by atoms with Gasteiger partial charge in [-0.1, -0.05) is 0 Å². The number of hydrogen-bond donors (Lipinski definition) is 3. The molecule has 0 bridgehead atoms. The fraction of sp³-hybridized carbons (Fsp3) is 0.600. The zero-order valence-corrected chi connectivity index (χ0v) is 13.7. The zero-order chi connectivity index (χ0) is 17.3. The third-order valence-electron chi connectivity index (χ3n) is 4.20. The molecule has 0 aromatic carbocycles. The molecule has 24 heavy (non-hydrogen) atoms. The molecule has 1 aliphatic carbocycles. The van der Waals surface area contributed by atoms with Gasteiger partial charge in [0.15, 0.2) is 0 Å². The number of alkyl halides is 3. The smallest absolute Gasteiger partial charge is 0.393 e. The van der Waals surface area contributed by atoms with Gasteiger partial charge in [-0.3, -0.25) is 0 Å². The lowest BCUT2D eigenvalue weighted by atomic mass is 9.83. The SMILES string of the molecule is N[C@H]1C[C@@H](CO)C[C@@H](Nc2ncnc3sc(CC(F)(F)F)cc23)C1. The molecule has 0 radical (unpaired) electrons. The summed E-state index contributed by atoms with van der Waals surface area (Å²) in [5, 5.41) is 13.2. The fourth-order valence-electron chi connectivity index (χ4n) is 3.25. The molecule has 1 saturated carbocycles. The van der Waals surface area contributed by atoms with Crippen molar-refractivity contribution in [2.45, 2.75) is 43.9 Å². The highest BCUT2D eigenvalue weighted by Gasteiger charge is 2.30. The minimum absolute atomic E-state index is 0.00556. The number of halogens is 3. The highest BCUT2D eigenvalue weighted by atomic mass is 32.1. The predicted octanol–water partition coefficient (Wildman–Crippen LogP) is 2.70. The van der Waals surface area contributed by atoms with E-state index in [2.05, 4.69) is 15.3 Å². The number of aliphatic hydroxyl groups excluding tert-OH is 1. The molecule has 5 nitrogen and oxygen atoms in total. The maximum atomic E-state index is 12.6. The number of aromatic nitrogens is 2. The monoisotopic (exact) mass is 360 g/mol. The number of rotatable bonds is 4. The molecule has 9 heteroatoms. The summed E-state index contributed by atoms with van der Waals surface area (Å²) < 4.78 is 37.8. The Hall–Kier alpha value is -1.45. The minimum Gasteiger partial charge on any atom is -0.396 e. The van der Waals surface area contributed by atoms with Crippen molar-refractivity contribution in [2.75, 3.05) is 11.9 Å². The van der Waals surface area contributed by atoms with E-state index in [0.29, 0.717) is 16.0 Å². The summed E-state index contributed by atoms with van der Waals surface area (Å²) in [6, 6.07) is 1.53. The molecule has 0 amide bonds. The molecule has 3 atom stereocenters. The molecule has 4 N–H and O–H groups in total. The van der Waals surface area contributed by atoms with E-state index in [-0.39, 0.29) is 29.5 Å². The molecular weight excluding hydrogens is 341 g/mol. The Morgan fingerprint density at radius 1 is 1.29 bits per heavy atom. The Balaban J connectivity index is 1.81. The van der Waals surface area contributed by atoms with Gasteiger partial charge in [-0.25, -0.2) is 9.97 Å². The van der Waals surface area contributed by atoms with Crippen LogP contribution in [-0.2, 0) is 6.42 Å². The molecule has 2 aromatic rings. The summed E-state index contributed by atoms with van der Waals surface area (Å²) >= 11 is 1.03. The number of hydrogen-bond acceptors (Lipinski definition) is 6. The van der Waals surface area contributed by atoms with Crippen LogP contribution in [0.4, 0.5) is 19.0 Å². The molecule has 3 rings (SSSR count). The van der Waals surface area contributed by atoms with Gasteiger partial charge in [-0.15, -0.1) is 11.3 Å². The predicted molar refractivity (Wildman–Crippen MR) is 87.0 cm³/mol. The van der Waals surface area contributed by atoms with Crippen LogP contribution in [0.2, 0.25) is 0 Å². The van der Waals surface area contributed by atoms with Crippen LogP contribution < -0.4 is 11.1 Å². The molecule has 0 aliphatic heterocycles. The number of nitrogens with two attached hydrogens (primary N) is 1. The molecule has 2 aromatic heterocycles. The quantitative estimate of drug-likeness (QED) is 0.781. The van der Waals surface area contributed by atoms with Crippen LogP contribution in [0, 0.1) is 5.92 Å². The van der Waals surface area contributed by atoms with Gasteiger partial charge in [0, 0.05) is 23.6 Å². The largest absolute Gasteiger partial charge is 0.396 e. The van der Waals surface area contributed by atoms with Crippen molar-refractivity contribution in [3.05, 3.63) is 17.3 Å². The van der Waals surface area contributed by atoms with Crippen molar-refractivity contribution in [2.24, 2.45) is 11.7 Å². The fourth-order valence-corrected chi connectivity index (χ4v) is 4.28. The minimum atomic E-state index is -4.24. The summed E-state index contributed by atoms with van der Waals surface area (Å²) in [7, 11) is 0. The Bertz CT molecular complexity index is 706. The van der Waals surface area contributed by atoms with Crippen LogP contribution in [0.25, 0.3) is 10.2 Å². The second-order valence-corrected chi connectivity index (χ2v) is 7.42. The molecular formula is C15H19F3N4OS. The number of nitrogens with zero attached hydrogens (tertiary/aromatic N) is 2. The number of thiophene rings is 1. The van der Waals surface area contributed by atoms with E-state index in [0.717, 1.165) is 30.6 Å². The third kappa shape index (κ3) is 4.14. The van der Waals surface area contributed by atoms with Gasteiger partial charge < -0.3 is 16.2 Å². The van der Waals surface area contributed by atoms with E-state index in [1.165, 1.54) is 12.4 Å². The summed E-state index contributed by atoms with van der Waals surface area (Å²) in [5.41, 5.74) is 6.02. The van der Waals surface area contributed by atoms with E-state index in [9.17, 15) is 18.3 Å². The molecule has 0 unspecified atom stereocenters. The van der Waals surface area contributed by atoms with Crippen LogP contribution in [0.1, 0.15) is 24.1 Å². The Morgan fingerprint density at radius 2 is 2.08 bits per heavy atom. The van der Waals surface area contributed by atoms with Crippen molar-refractivity contribution in [1.82, 2.24) is 9.97 Å². The maximum Gasteiger partial charge on any atom is 0.393 e. The average Bonchev–Trinajstić information content (AvgIpc) is 2.87. The lowest BCUT2D eigenvalue weighted by Crippen LogP contribution is -2.40. The zero-order valence-electron chi connectivity index (χ0n) is 12.9. The highest BCUT2D eigenvalue weighted by Crippen LogP contribution is 2.34. The van der Waals surface area contributed by atoms with Gasteiger partial charge in [0.05, 0.1) is 11.8 Å². The van der Waals surface area contributed by atoms with Gasteiger partial charge in [-0.05, 0) is 31.2 Å². The van der Waals surface area contributed by atoms with E-state index in [4.69, 9.17) is 5.73 Å². The number of nitrogens with one attached hydrogen (secondary N) is 1. The number of fused-ring (bicyclic) bond motifs is 1. The molecule has 0 spiro atoms. The Morgan fingerprint density at radius 3 is 2.79 bits per heavy atom. The second kappa shape index (κ2) is 6.81. The molecule has 0 saturated heterocycles. The Labute approximate surface area is 141 Å². The second-order valence-electron chi connectivity index (χ2n) is 6.30. The van der Waals surface area contributed by atoms with Gasteiger partial charge in [0.1, 0.15) is 17.0 Å². The van der Waals surface area contributed by atoms with E-state index in [1.807, 2.05) is 0 Å². The third-order valence-corrected chi connectivity index (χ3v) is 5.24. The van der Waals surface area contributed by atoms with Gasteiger partial charge in [-0.2, -0.15) is 13.2 Å². The van der Waals surface area contributed by atoms with Crippen molar-refractivity contribution < 1.29 is 18.3 Å². The standard InChI is InChI=1S/C15H19F3N4OS/c16-15(17,18)5-11-4-12-13(20-7-21-14(12)24-11)22-10-2-8(6-23)1-9(19)3-10/h4,7-10,23H,1-3,5-6,19H2,(H,20,21,22)/t8-,9+,10-/m1/s1. The van der Waals surface area contributed by atoms with Crippen LogP contribution in [0.5, 0.6) is 0 Å². The van der Waals surface area contributed by atoms with E-state index in [1.54, 1.807) is 0 Å². The number of aliphatic hydroxyl groups is 1. The van der Waals surface area contributed by atoms with Crippen LogP contribution in [0.3, 0.4) is 0 Å². The van der Waals surface area contributed by atoms with Gasteiger partial charge in [0.2, 0.25) is 0 Å². The summed E-state index contributed by atoms with van der Waals surface area (Å²) in [5.74, 6) is 0.660. The topological polar surface area (TPSA) is 84.1 Å². The lowest BCUT2D eigenvalue weighted by Gasteiger charge is -2.33. The van der Waals surface area contributed by atoms with Gasteiger partial charge >= 0.3 is 6.18 Å². The van der Waals surface area contributed by atoms with Crippen molar-refractivity contribution in [1.29, 1.82) is 0 Å². The van der Waals surface area contributed by atoms with E-state index < -0.39 is 12.6 Å². The Kier molecular flexibility index (Phi) is 4.93.